The highest BCUT2D eigenvalue weighted by Gasteiger charge is 2.38. The summed E-state index contributed by atoms with van der Waals surface area (Å²) in [5, 5.41) is 20.9. The normalized spacial score (nSPS) is 10.6. The Labute approximate surface area is 163 Å². The van der Waals surface area contributed by atoms with E-state index in [1.807, 2.05) is 6.92 Å². The zero-order chi connectivity index (χ0) is 20.6. The van der Waals surface area contributed by atoms with Crippen molar-refractivity contribution in [1.82, 2.24) is 20.2 Å². The molecule has 1 amide bonds. The predicted molar refractivity (Wildman–Crippen MR) is 94.5 cm³/mol. The van der Waals surface area contributed by atoms with Crippen molar-refractivity contribution in [2.24, 2.45) is 0 Å². The summed E-state index contributed by atoms with van der Waals surface area (Å²) in [5.41, 5.74) is 0.0888. The predicted octanol–water partition coefficient (Wildman–Crippen LogP) is 3.02. The van der Waals surface area contributed by atoms with Crippen LogP contribution in [0.5, 0.6) is 0 Å². The first-order chi connectivity index (χ1) is 12.6. The average Bonchev–Trinajstić information content (AvgIpc) is 3.02. The second-order valence-corrected chi connectivity index (χ2v) is 7.10. The van der Waals surface area contributed by atoms with Gasteiger partial charge in [0.25, 0.3) is 5.91 Å². The number of nitrogens with one attached hydrogen (secondary N) is 2. The van der Waals surface area contributed by atoms with Crippen LogP contribution in [0.25, 0.3) is 0 Å². The number of halogens is 4. The summed E-state index contributed by atoms with van der Waals surface area (Å²) < 4.78 is 32.5. The number of carboxylic acid groups (broad SMARTS) is 1. The van der Waals surface area contributed by atoms with Gasteiger partial charge in [0.1, 0.15) is 0 Å². The van der Waals surface area contributed by atoms with Crippen molar-refractivity contribution in [3.63, 3.8) is 0 Å². The van der Waals surface area contributed by atoms with Crippen LogP contribution in [0.15, 0.2) is 10.5 Å². The van der Waals surface area contributed by atoms with Crippen LogP contribution in [0, 0.1) is 0 Å². The third-order valence-corrected chi connectivity index (χ3v) is 4.45. The molecular weight excluding hydrogens is 433 g/mol. The minimum Gasteiger partial charge on any atom is -0.475 e. The van der Waals surface area contributed by atoms with Crippen molar-refractivity contribution in [3.05, 3.63) is 16.9 Å². The van der Waals surface area contributed by atoms with E-state index in [4.69, 9.17) is 21.5 Å². The largest absolute Gasteiger partial charge is 0.490 e. The number of anilines is 2. The van der Waals surface area contributed by atoms with E-state index >= 15 is 0 Å². The van der Waals surface area contributed by atoms with E-state index in [1.165, 1.54) is 17.5 Å². The summed E-state index contributed by atoms with van der Waals surface area (Å²) in [4.78, 5) is 28.9. The molecule has 0 fully saturated rings. The number of thioether (sulfide) groups is 1. The number of alkyl halides is 3. The highest BCUT2D eigenvalue weighted by Crippen LogP contribution is 2.25. The maximum absolute atomic E-state index is 12.1. The number of rotatable bonds is 5. The second kappa shape index (κ2) is 10.2. The lowest BCUT2D eigenvalue weighted by Crippen LogP contribution is -2.21. The van der Waals surface area contributed by atoms with Gasteiger partial charge in [-0.3, -0.25) is 10.1 Å². The standard InChI is InChI=1S/C10H11ClN6OS2.C2HF3O2/c1-3-19-10-17-16-9(20-10)15-7(18)6-5(11)4-13-8(12-2)14-6;3-2(4,5)1(6)7/h4H,3H2,1-2H3,(H,12,13,14)(H,15,16,18);(H,6,7). The summed E-state index contributed by atoms with van der Waals surface area (Å²) in [7, 11) is 1.66. The quantitative estimate of drug-likeness (QED) is 0.470. The Morgan fingerprint density at radius 3 is 2.52 bits per heavy atom. The Kier molecular flexibility index (Phi) is 8.65. The van der Waals surface area contributed by atoms with Crippen LogP contribution < -0.4 is 10.6 Å². The van der Waals surface area contributed by atoms with Gasteiger partial charge in [0.2, 0.25) is 11.1 Å². The fraction of sp³-hybridized carbons (Fsp3) is 0.333. The molecular formula is C12H12ClF3N6O3S2. The number of hydrogen-bond acceptors (Lipinski definition) is 9. The van der Waals surface area contributed by atoms with E-state index in [9.17, 15) is 18.0 Å². The molecule has 15 heteroatoms. The molecule has 0 aliphatic rings. The van der Waals surface area contributed by atoms with Crippen molar-refractivity contribution in [3.8, 4) is 0 Å². The van der Waals surface area contributed by atoms with Gasteiger partial charge in [-0.05, 0) is 5.75 Å². The number of amides is 1. The molecule has 2 aromatic rings. The minimum absolute atomic E-state index is 0.0888. The minimum atomic E-state index is -5.08. The van der Waals surface area contributed by atoms with Crippen LogP contribution in [0.3, 0.4) is 0 Å². The van der Waals surface area contributed by atoms with Crippen LogP contribution in [-0.4, -0.2) is 56.1 Å². The van der Waals surface area contributed by atoms with Crippen LogP contribution in [0.4, 0.5) is 24.3 Å². The lowest BCUT2D eigenvalue weighted by atomic mass is 10.4. The Morgan fingerprint density at radius 2 is 2.00 bits per heavy atom. The molecule has 0 aromatic carbocycles. The number of aliphatic carboxylic acids is 1. The maximum atomic E-state index is 12.1. The van der Waals surface area contributed by atoms with Gasteiger partial charge in [0.15, 0.2) is 10.0 Å². The molecule has 27 heavy (non-hydrogen) atoms. The van der Waals surface area contributed by atoms with E-state index in [-0.39, 0.29) is 10.7 Å². The molecule has 2 rings (SSSR count). The summed E-state index contributed by atoms with van der Waals surface area (Å²) >= 11 is 8.78. The molecule has 3 N–H and O–H groups in total. The first-order valence-electron chi connectivity index (χ1n) is 6.86. The summed E-state index contributed by atoms with van der Waals surface area (Å²) in [6, 6.07) is 0. The number of aromatic nitrogens is 4. The van der Waals surface area contributed by atoms with Gasteiger partial charge in [0, 0.05) is 7.05 Å². The van der Waals surface area contributed by atoms with E-state index in [0.29, 0.717) is 11.1 Å². The summed E-state index contributed by atoms with van der Waals surface area (Å²) in [6.45, 7) is 2.02. The Balaban J connectivity index is 0.000000445. The molecule has 0 radical (unpaired) electrons. The smallest absolute Gasteiger partial charge is 0.475 e. The number of carbonyl (C=O) groups excluding carboxylic acids is 1. The average molecular weight is 445 g/mol. The van der Waals surface area contributed by atoms with Crippen molar-refractivity contribution in [2.75, 3.05) is 23.4 Å². The second-order valence-electron chi connectivity index (χ2n) is 4.20. The van der Waals surface area contributed by atoms with Gasteiger partial charge < -0.3 is 10.4 Å². The van der Waals surface area contributed by atoms with E-state index in [1.54, 1.807) is 18.8 Å². The molecule has 0 saturated heterocycles. The molecule has 148 valence electrons. The van der Waals surface area contributed by atoms with Gasteiger partial charge in [-0.15, -0.1) is 10.2 Å². The molecule has 0 aliphatic heterocycles. The SMILES string of the molecule is CCSc1nnc(NC(=O)c2nc(NC)ncc2Cl)s1.O=C(O)C(F)(F)F. The van der Waals surface area contributed by atoms with Gasteiger partial charge in [-0.1, -0.05) is 41.6 Å². The topological polar surface area (TPSA) is 130 Å². The third kappa shape index (κ3) is 7.52. The van der Waals surface area contributed by atoms with Crippen LogP contribution in [0.2, 0.25) is 5.02 Å². The third-order valence-electron chi connectivity index (χ3n) is 2.32. The first-order valence-corrected chi connectivity index (χ1v) is 9.04. The zero-order valence-electron chi connectivity index (χ0n) is 13.7. The summed E-state index contributed by atoms with van der Waals surface area (Å²) in [6.07, 6.45) is -3.71. The highest BCUT2D eigenvalue weighted by molar-refractivity contribution is 8.01. The van der Waals surface area contributed by atoms with Crippen molar-refractivity contribution in [1.29, 1.82) is 0 Å². The zero-order valence-corrected chi connectivity index (χ0v) is 16.1. The Bertz CT molecular complexity index is 805. The molecule has 2 heterocycles. The number of carbonyl (C=O) groups is 2. The first kappa shape index (κ1) is 22.9. The number of carboxylic acids is 1. The van der Waals surface area contributed by atoms with E-state index in [0.717, 1.165) is 10.1 Å². The van der Waals surface area contributed by atoms with Gasteiger partial charge in [0.05, 0.1) is 11.2 Å². The summed E-state index contributed by atoms with van der Waals surface area (Å²) in [5.74, 6) is -1.99. The van der Waals surface area contributed by atoms with Crippen molar-refractivity contribution in [2.45, 2.75) is 17.4 Å². The van der Waals surface area contributed by atoms with Gasteiger partial charge in [-0.2, -0.15) is 13.2 Å². The lowest BCUT2D eigenvalue weighted by molar-refractivity contribution is -0.192. The molecule has 0 atom stereocenters. The highest BCUT2D eigenvalue weighted by atomic mass is 35.5. The molecule has 0 spiro atoms. The van der Waals surface area contributed by atoms with Crippen LogP contribution in [0.1, 0.15) is 17.4 Å². The molecule has 0 bridgehead atoms. The monoisotopic (exact) mass is 444 g/mol. The molecule has 0 aliphatic carbocycles. The van der Waals surface area contributed by atoms with Crippen molar-refractivity contribution >= 4 is 57.7 Å². The maximum Gasteiger partial charge on any atom is 0.490 e. The number of nitrogens with zero attached hydrogens (tertiary/aromatic N) is 4. The van der Waals surface area contributed by atoms with Gasteiger partial charge >= 0.3 is 12.1 Å². The van der Waals surface area contributed by atoms with Gasteiger partial charge in [-0.25, -0.2) is 14.8 Å². The van der Waals surface area contributed by atoms with E-state index in [2.05, 4.69) is 30.8 Å². The molecule has 0 saturated carbocycles. The van der Waals surface area contributed by atoms with Crippen LogP contribution in [-0.2, 0) is 4.79 Å². The Hall–Kier alpha value is -2.19. The fourth-order valence-electron chi connectivity index (χ4n) is 1.25. The molecule has 2 aromatic heterocycles. The van der Waals surface area contributed by atoms with E-state index < -0.39 is 18.1 Å². The molecule has 0 unspecified atom stereocenters. The van der Waals surface area contributed by atoms with Crippen LogP contribution >= 0.6 is 34.7 Å². The fourth-order valence-corrected chi connectivity index (χ4v) is 3.07. The Morgan fingerprint density at radius 1 is 1.37 bits per heavy atom. The van der Waals surface area contributed by atoms with Crippen molar-refractivity contribution < 1.29 is 27.9 Å². The lowest BCUT2D eigenvalue weighted by Gasteiger charge is -2.04. The molecule has 9 nitrogen and oxygen atoms in total. The number of hydrogen-bond donors (Lipinski definition) is 3.